The summed E-state index contributed by atoms with van der Waals surface area (Å²) in [7, 11) is 1.35. The molecule has 2 aliphatic heterocycles. The van der Waals surface area contributed by atoms with Crippen LogP contribution in [0.2, 0.25) is 0 Å². The van der Waals surface area contributed by atoms with Crippen molar-refractivity contribution in [3.63, 3.8) is 0 Å². The number of aliphatic carboxylic acids is 1. The minimum Gasteiger partial charge on any atom is -0.477 e. The summed E-state index contributed by atoms with van der Waals surface area (Å²) in [5.41, 5.74) is -0.00882. The Morgan fingerprint density at radius 1 is 1.38 bits per heavy atom. The number of nitrogens with zero attached hydrogens (tertiary/aromatic N) is 1. The van der Waals surface area contributed by atoms with Gasteiger partial charge in [0.25, 0.3) is 11.6 Å². The number of carbonyl (C=O) groups is 3. The number of amides is 2. The van der Waals surface area contributed by atoms with Crippen LogP contribution in [0.1, 0.15) is 18.9 Å². The van der Waals surface area contributed by atoms with E-state index in [1.54, 1.807) is 0 Å². The Kier molecular flexibility index (Phi) is 5.06. The number of carboxylic acid groups (broad SMARTS) is 1. The molecular formula is C18H20N2O5S. The highest BCUT2D eigenvalue weighted by molar-refractivity contribution is 8.00. The molecule has 8 heteroatoms. The maximum Gasteiger partial charge on any atom is 0.352 e. The van der Waals surface area contributed by atoms with E-state index in [4.69, 9.17) is 4.74 Å². The molecule has 1 aromatic carbocycles. The van der Waals surface area contributed by atoms with Crippen LogP contribution in [0, 0.1) is 0 Å². The van der Waals surface area contributed by atoms with Crippen LogP contribution in [0.25, 0.3) is 0 Å². The Bertz CT molecular complexity index is 779. The van der Waals surface area contributed by atoms with Crippen molar-refractivity contribution in [1.29, 1.82) is 0 Å². The van der Waals surface area contributed by atoms with E-state index < -0.39 is 23.0 Å². The molecule has 0 bridgehead atoms. The third kappa shape index (κ3) is 2.89. The minimum absolute atomic E-state index is 0.00577. The van der Waals surface area contributed by atoms with Gasteiger partial charge in [-0.2, -0.15) is 0 Å². The Morgan fingerprint density at radius 3 is 2.65 bits per heavy atom. The van der Waals surface area contributed by atoms with Crippen molar-refractivity contribution in [3.8, 4) is 0 Å². The summed E-state index contributed by atoms with van der Waals surface area (Å²) in [6.07, 6.45) is 0.657. The van der Waals surface area contributed by atoms with Crippen molar-refractivity contribution in [2.45, 2.75) is 30.9 Å². The minimum atomic E-state index is -1.53. The Morgan fingerprint density at radius 2 is 2.08 bits per heavy atom. The van der Waals surface area contributed by atoms with Crippen molar-refractivity contribution < 1.29 is 24.2 Å². The van der Waals surface area contributed by atoms with Gasteiger partial charge in [-0.3, -0.25) is 14.5 Å². The van der Waals surface area contributed by atoms with Gasteiger partial charge in [-0.25, -0.2) is 4.79 Å². The lowest BCUT2D eigenvalue weighted by Crippen LogP contribution is -2.80. The van der Waals surface area contributed by atoms with Crippen LogP contribution in [0.3, 0.4) is 0 Å². The van der Waals surface area contributed by atoms with Gasteiger partial charge in [0.05, 0.1) is 6.42 Å². The van der Waals surface area contributed by atoms with Gasteiger partial charge in [0.1, 0.15) is 11.1 Å². The van der Waals surface area contributed by atoms with Crippen molar-refractivity contribution in [2.24, 2.45) is 0 Å². The topological polar surface area (TPSA) is 95.9 Å². The summed E-state index contributed by atoms with van der Waals surface area (Å²) in [5, 5.41) is 11.6. The maximum absolute atomic E-state index is 12.8. The lowest BCUT2D eigenvalue weighted by molar-refractivity contribution is -0.192. The number of carbonyl (C=O) groups excluding carboxylic acids is 2. The van der Waals surface area contributed by atoms with E-state index in [-0.39, 0.29) is 18.0 Å². The second kappa shape index (κ2) is 7.13. The normalized spacial score (nSPS) is 24.8. The van der Waals surface area contributed by atoms with E-state index in [1.807, 2.05) is 37.3 Å². The standard InChI is InChI=1S/C18H20N2O5S/c1-3-12-10-26-17-18(25-2,16(24)20(17)14(12)15(22)23)19-13(21)9-11-7-5-4-6-8-11/h4-8,17H,3,9-10H2,1-2H3,(H,19,21)(H,22,23). The first kappa shape index (κ1) is 18.5. The number of ether oxygens (including phenoxy) is 1. The smallest absolute Gasteiger partial charge is 0.352 e. The van der Waals surface area contributed by atoms with Gasteiger partial charge in [-0.1, -0.05) is 37.3 Å². The van der Waals surface area contributed by atoms with Crippen LogP contribution in [0.15, 0.2) is 41.6 Å². The summed E-state index contributed by atoms with van der Waals surface area (Å²) in [5.74, 6) is -1.57. The molecule has 26 heavy (non-hydrogen) atoms. The summed E-state index contributed by atoms with van der Waals surface area (Å²) in [6.45, 7) is 1.86. The number of nitrogens with one attached hydrogen (secondary N) is 1. The van der Waals surface area contributed by atoms with Gasteiger partial charge >= 0.3 is 5.97 Å². The third-order valence-electron chi connectivity index (χ3n) is 4.59. The fraction of sp³-hybridized carbons (Fsp3) is 0.389. The zero-order valence-corrected chi connectivity index (χ0v) is 15.3. The first-order valence-electron chi connectivity index (χ1n) is 8.25. The second-order valence-electron chi connectivity index (χ2n) is 6.10. The summed E-state index contributed by atoms with van der Waals surface area (Å²) < 4.78 is 5.40. The molecule has 0 aliphatic carbocycles. The highest BCUT2D eigenvalue weighted by atomic mass is 32.2. The number of β-lactam (4-membered cyclic amide) rings is 1. The van der Waals surface area contributed by atoms with E-state index >= 15 is 0 Å². The second-order valence-corrected chi connectivity index (χ2v) is 7.17. The lowest BCUT2D eigenvalue weighted by atomic mass is 9.97. The first-order valence-corrected chi connectivity index (χ1v) is 9.30. The molecule has 1 fully saturated rings. The Hall–Kier alpha value is -2.32. The van der Waals surface area contributed by atoms with Gasteiger partial charge in [0.15, 0.2) is 0 Å². The number of hydrogen-bond donors (Lipinski definition) is 2. The van der Waals surface area contributed by atoms with Crippen LogP contribution >= 0.6 is 11.8 Å². The number of hydrogen-bond acceptors (Lipinski definition) is 5. The Labute approximate surface area is 155 Å². The van der Waals surface area contributed by atoms with Crippen LogP contribution in [0.5, 0.6) is 0 Å². The molecule has 2 N–H and O–H groups in total. The molecule has 1 aromatic rings. The van der Waals surface area contributed by atoms with Crippen LogP contribution < -0.4 is 5.32 Å². The number of rotatable bonds is 6. The zero-order chi connectivity index (χ0) is 18.9. The molecule has 0 aromatic heterocycles. The summed E-state index contributed by atoms with van der Waals surface area (Å²) >= 11 is 1.39. The van der Waals surface area contributed by atoms with E-state index in [9.17, 15) is 19.5 Å². The van der Waals surface area contributed by atoms with Gasteiger partial charge in [-0.15, -0.1) is 11.8 Å². The van der Waals surface area contributed by atoms with Crippen LogP contribution in [-0.4, -0.2) is 51.8 Å². The predicted octanol–water partition coefficient (Wildman–Crippen LogP) is 1.35. The van der Waals surface area contributed by atoms with E-state index in [2.05, 4.69) is 5.32 Å². The quantitative estimate of drug-likeness (QED) is 0.575. The van der Waals surface area contributed by atoms with Crippen molar-refractivity contribution in [3.05, 3.63) is 47.2 Å². The molecule has 7 nitrogen and oxygen atoms in total. The molecule has 2 heterocycles. The average molecular weight is 376 g/mol. The first-order chi connectivity index (χ1) is 12.4. The molecule has 0 spiro atoms. The monoisotopic (exact) mass is 376 g/mol. The molecule has 2 atom stereocenters. The molecule has 3 rings (SSSR count). The number of methoxy groups -OCH3 is 1. The van der Waals surface area contributed by atoms with E-state index in [0.29, 0.717) is 17.7 Å². The lowest BCUT2D eigenvalue weighted by Gasteiger charge is -2.55. The number of carboxylic acids is 1. The number of fused-ring (bicyclic) bond motifs is 1. The highest BCUT2D eigenvalue weighted by Gasteiger charge is 2.66. The molecule has 0 saturated carbocycles. The fourth-order valence-electron chi connectivity index (χ4n) is 3.25. The van der Waals surface area contributed by atoms with Crippen molar-refractivity contribution in [1.82, 2.24) is 10.2 Å². The largest absolute Gasteiger partial charge is 0.477 e. The molecular weight excluding hydrogens is 356 g/mol. The fourth-order valence-corrected chi connectivity index (χ4v) is 4.79. The SMILES string of the molecule is CCC1=C(C(=O)O)N2C(=O)C(NC(=O)Cc3ccccc3)(OC)C2SC1. The maximum atomic E-state index is 12.8. The molecule has 0 radical (unpaired) electrons. The molecule has 2 aliphatic rings. The number of thioether (sulfide) groups is 1. The van der Waals surface area contributed by atoms with Gasteiger partial charge < -0.3 is 15.2 Å². The number of benzene rings is 1. The summed E-state index contributed by atoms with van der Waals surface area (Å²) in [4.78, 5) is 38.1. The van der Waals surface area contributed by atoms with Crippen molar-refractivity contribution in [2.75, 3.05) is 12.9 Å². The average Bonchev–Trinajstić information content (AvgIpc) is 2.65. The van der Waals surface area contributed by atoms with Gasteiger partial charge in [0.2, 0.25) is 5.91 Å². The Balaban J connectivity index is 1.81. The van der Waals surface area contributed by atoms with E-state index in [1.165, 1.54) is 23.8 Å². The zero-order valence-electron chi connectivity index (χ0n) is 14.5. The molecule has 1 saturated heterocycles. The van der Waals surface area contributed by atoms with Crippen LogP contribution in [0.4, 0.5) is 0 Å². The van der Waals surface area contributed by atoms with Crippen LogP contribution in [-0.2, 0) is 25.5 Å². The predicted molar refractivity (Wildman–Crippen MR) is 96.1 cm³/mol. The van der Waals surface area contributed by atoms with Gasteiger partial charge in [-0.05, 0) is 17.6 Å². The molecule has 2 unspecified atom stereocenters. The molecule has 2 amide bonds. The van der Waals surface area contributed by atoms with E-state index in [0.717, 1.165) is 5.56 Å². The molecule has 138 valence electrons. The van der Waals surface area contributed by atoms with Gasteiger partial charge in [0, 0.05) is 12.9 Å². The third-order valence-corrected chi connectivity index (χ3v) is 5.97. The summed E-state index contributed by atoms with van der Waals surface area (Å²) in [6, 6.07) is 9.16. The van der Waals surface area contributed by atoms with Crippen molar-refractivity contribution >= 4 is 29.5 Å². The highest BCUT2D eigenvalue weighted by Crippen LogP contribution is 2.47.